The lowest BCUT2D eigenvalue weighted by Gasteiger charge is -2.16. The van der Waals surface area contributed by atoms with Crippen LogP contribution in [0.25, 0.3) is 0 Å². The number of nitrogens with zero attached hydrogens (tertiary/aromatic N) is 1. The quantitative estimate of drug-likeness (QED) is 0.470. The van der Waals surface area contributed by atoms with Crippen molar-refractivity contribution in [1.82, 2.24) is 0 Å². The Bertz CT molecular complexity index is 185. The first-order valence-electron chi connectivity index (χ1n) is 2.24. The summed E-state index contributed by atoms with van der Waals surface area (Å²) in [7, 11) is 0. The van der Waals surface area contributed by atoms with Crippen molar-refractivity contribution in [2.45, 2.75) is 12.3 Å². The Morgan fingerprint density at radius 3 is 2.40 bits per heavy atom. The van der Waals surface area contributed by atoms with Crippen LogP contribution < -0.4 is 0 Å². The van der Waals surface area contributed by atoms with Gasteiger partial charge in [-0.25, -0.2) is 0 Å². The van der Waals surface area contributed by atoms with Gasteiger partial charge in [0.2, 0.25) is 0 Å². The topological polar surface area (TPSA) is 38.7 Å². The lowest BCUT2D eigenvalue weighted by Crippen LogP contribution is -2.34. The summed E-state index contributed by atoms with van der Waals surface area (Å²) in [5.74, 6) is -1.35. The van der Waals surface area contributed by atoms with Crippen molar-refractivity contribution in [1.29, 1.82) is 0 Å². The molecule has 0 aromatic rings. The Morgan fingerprint density at radius 1 is 1.60 bits per heavy atom. The van der Waals surface area contributed by atoms with Crippen molar-refractivity contribution < 1.29 is 22.7 Å². The number of alkyl halides is 3. The van der Waals surface area contributed by atoms with Crippen molar-refractivity contribution in [2.75, 3.05) is 0 Å². The molecule has 1 atom stereocenters. The third-order valence-corrected chi connectivity index (χ3v) is 0.848. The fraction of sp³-hybridized carbons (Fsp3) is 0.500. The molecule has 0 aromatic heterocycles. The predicted molar refractivity (Wildman–Crippen MR) is 23.4 cm³/mol. The fourth-order valence-corrected chi connectivity index (χ4v) is 0.440. The minimum absolute atomic E-state index is 1.35. The van der Waals surface area contributed by atoms with Crippen LogP contribution in [0.5, 0.6) is 0 Å². The van der Waals surface area contributed by atoms with Gasteiger partial charge in [0.25, 0.3) is 0 Å². The molecule has 0 spiro atoms. The molecule has 1 aliphatic heterocycles. The zero-order chi connectivity index (χ0) is 7.78. The molecular weight excluding hydrogens is 151 g/mol. The van der Waals surface area contributed by atoms with Crippen molar-refractivity contribution in [3.63, 3.8) is 0 Å². The van der Waals surface area contributed by atoms with E-state index in [0.29, 0.717) is 0 Å². The van der Waals surface area contributed by atoms with E-state index in [4.69, 9.17) is 0 Å². The number of amides is 1. The van der Waals surface area contributed by atoms with Crippen LogP contribution >= 0.6 is 0 Å². The number of hydrogen-bond acceptors (Lipinski definition) is 2. The first kappa shape index (κ1) is 7.04. The van der Waals surface area contributed by atoms with E-state index in [1.807, 2.05) is 0 Å². The summed E-state index contributed by atoms with van der Waals surface area (Å²) in [6, 6.07) is 0. The zero-order valence-corrected chi connectivity index (χ0v) is 4.47. The van der Waals surface area contributed by atoms with Gasteiger partial charge in [0.05, 0.1) is 0 Å². The smallest absolute Gasteiger partial charge is 0.416 e. The van der Waals surface area contributed by atoms with Crippen molar-refractivity contribution in [3.8, 4) is 0 Å². The number of hydrogen-bond donors (Lipinski definition) is 0. The number of carbonyl (C=O) groups is 1. The molecule has 0 saturated heterocycles. The molecule has 3 nitrogen and oxygen atoms in total. The number of halogens is 3. The Balaban J connectivity index is 2.69. The molecule has 10 heavy (non-hydrogen) atoms. The Hall–Kier alpha value is -1.07. The van der Waals surface area contributed by atoms with Gasteiger partial charge in [0.1, 0.15) is 5.91 Å². The zero-order valence-electron chi connectivity index (χ0n) is 4.47. The molecule has 1 rings (SSSR count). The number of aliphatic imine (C=N–C) groups is 1. The molecule has 6 heteroatoms. The van der Waals surface area contributed by atoms with Gasteiger partial charge in [-0.3, -0.25) is 0 Å². The highest BCUT2D eigenvalue weighted by molar-refractivity contribution is 5.92. The second kappa shape index (κ2) is 1.96. The second-order valence-electron chi connectivity index (χ2n) is 1.58. The third kappa shape index (κ3) is 1.09. The largest absolute Gasteiger partial charge is 0.570 e. The van der Waals surface area contributed by atoms with Crippen LogP contribution in [0.15, 0.2) is 4.99 Å². The fourth-order valence-electron chi connectivity index (χ4n) is 0.440. The van der Waals surface area contributed by atoms with E-state index < -0.39 is 18.2 Å². The monoisotopic (exact) mass is 152 g/mol. The van der Waals surface area contributed by atoms with Crippen molar-refractivity contribution in [2.24, 2.45) is 4.99 Å². The predicted octanol–water partition coefficient (Wildman–Crippen LogP) is 0.379. The SMILES string of the molecule is O=C1N=[C-]OC1C(F)(F)F. The third-order valence-electron chi connectivity index (χ3n) is 0.848. The van der Waals surface area contributed by atoms with E-state index in [9.17, 15) is 18.0 Å². The van der Waals surface area contributed by atoms with Crippen molar-refractivity contribution in [3.05, 3.63) is 0 Å². The van der Waals surface area contributed by atoms with Gasteiger partial charge in [-0.15, -0.1) is 0 Å². The highest BCUT2D eigenvalue weighted by Crippen LogP contribution is 2.25. The van der Waals surface area contributed by atoms with Crippen LogP contribution in [0.4, 0.5) is 13.2 Å². The van der Waals surface area contributed by atoms with E-state index in [-0.39, 0.29) is 0 Å². The molecule has 0 aliphatic carbocycles. The maximum atomic E-state index is 11.6. The van der Waals surface area contributed by atoms with Crippen molar-refractivity contribution >= 4 is 12.3 Å². The Kier molecular flexibility index (Phi) is 1.38. The number of carbonyl (C=O) groups excluding carboxylic acids is 1. The molecule has 1 unspecified atom stereocenters. The van der Waals surface area contributed by atoms with Crippen LogP contribution in [0.2, 0.25) is 0 Å². The van der Waals surface area contributed by atoms with Crippen LogP contribution in [0.1, 0.15) is 0 Å². The molecule has 0 saturated carbocycles. The lowest BCUT2D eigenvalue weighted by molar-refractivity contribution is -0.194. The molecule has 0 aromatic carbocycles. The average molecular weight is 152 g/mol. The second-order valence-corrected chi connectivity index (χ2v) is 1.58. The van der Waals surface area contributed by atoms with Gasteiger partial charge in [-0.1, -0.05) is 0 Å². The summed E-state index contributed by atoms with van der Waals surface area (Å²) in [5, 5.41) is 0. The van der Waals surface area contributed by atoms with E-state index in [1.54, 1.807) is 0 Å². The number of rotatable bonds is 0. The molecule has 1 heterocycles. The summed E-state index contributed by atoms with van der Waals surface area (Å²) >= 11 is 0. The highest BCUT2D eigenvalue weighted by atomic mass is 19.4. The maximum Gasteiger partial charge on any atom is 0.416 e. The van der Waals surface area contributed by atoms with Gasteiger partial charge in [0, 0.05) is 6.40 Å². The van der Waals surface area contributed by atoms with Gasteiger partial charge in [0.15, 0.2) is 6.10 Å². The highest BCUT2D eigenvalue weighted by Gasteiger charge is 2.42. The molecule has 0 fully saturated rings. The Morgan fingerprint density at radius 2 is 2.20 bits per heavy atom. The Labute approximate surface area is 53.5 Å². The summed E-state index contributed by atoms with van der Waals surface area (Å²) in [6.45, 7) is 0. The van der Waals surface area contributed by atoms with E-state index in [2.05, 4.69) is 9.73 Å². The summed E-state index contributed by atoms with van der Waals surface area (Å²) in [4.78, 5) is 12.8. The van der Waals surface area contributed by atoms with Crippen LogP contribution in [0.3, 0.4) is 0 Å². The summed E-state index contributed by atoms with van der Waals surface area (Å²) in [6.07, 6.45) is -5.63. The molecule has 0 bridgehead atoms. The van der Waals surface area contributed by atoms with E-state index in [0.717, 1.165) is 0 Å². The van der Waals surface area contributed by atoms with Crippen LogP contribution in [-0.4, -0.2) is 24.6 Å². The van der Waals surface area contributed by atoms with Crippen LogP contribution in [-0.2, 0) is 9.53 Å². The minimum atomic E-state index is -4.68. The molecule has 0 N–H and O–H groups in total. The van der Waals surface area contributed by atoms with Gasteiger partial charge < -0.3 is 14.5 Å². The lowest BCUT2D eigenvalue weighted by atomic mass is 10.3. The van der Waals surface area contributed by atoms with Gasteiger partial charge in [-0.05, 0) is 0 Å². The van der Waals surface area contributed by atoms with Gasteiger partial charge in [-0.2, -0.15) is 13.2 Å². The van der Waals surface area contributed by atoms with E-state index >= 15 is 0 Å². The summed E-state index contributed by atoms with van der Waals surface area (Å²) < 4.78 is 38.4. The summed E-state index contributed by atoms with van der Waals surface area (Å²) in [5.41, 5.74) is 0. The molecule has 1 amide bonds. The van der Waals surface area contributed by atoms with Gasteiger partial charge >= 0.3 is 6.18 Å². The molecule has 1 aliphatic rings. The minimum Gasteiger partial charge on any atom is -0.570 e. The number of ether oxygens (including phenoxy) is 1. The molecule has 56 valence electrons. The molecular formula is C4HF3NO2-. The molecule has 0 radical (unpaired) electrons. The normalized spacial score (nSPS) is 25.1. The first-order chi connectivity index (χ1) is 4.52. The average Bonchev–Trinajstić information content (AvgIpc) is 2.11. The maximum absolute atomic E-state index is 11.6. The first-order valence-corrected chi connectivity index (χ1v) is 2.24. The van der Waals surface area contributed by atoms with E-state index in [1.165, 1.54) is 6.40 Å². The standard InChI is InChI=1S/C4HF3NO2/c5-4(6,7)2-3(9)8-1-10-2/h2H/q-1. The van der Waals surface area contributed by atoms with Crippen LogP contribution in [0, 0.1) is 0 Å².